The fraction of sp³-hybridized carbons (Fsp3) is 0.889. The molecular weight excluding hydrogens is 248 g/mol. The average Bonchev–Trinajstić information content (AvgIpc) is 2.26. The number of carbonyl (C=O) groups excluding carboxylic acids is 1. The van der Waals surface area contributed by atoms with Gasteiger partial charge in [0.2, 0.25) is 0 Å². The quantitative estimate of drug-likeness (QED) is 0.444. The van der Waals surface area contributed by atoms with E-state index < -0.39 is 16.2 Å². The molecule has 0 bridgehead atoms. The van der Waals surface area contributed by atoms with Crippen molar-refractivity contribution in [2.45, 2.75) is 13.3 Å². The van der Waals surface area contributed by atoms with Crippen molar-refractivity contribution in [3.05, 3.63) is 0 Å². The summed E-state index contributed by atoms with van der Waals surface area (Å²) in [5.41, 5.74) is 0. The number of methoxy groups -OCH3 is 1. The largest absolute Gasteiger partial charge is 0.466 e. The predicted molar refractivity (Wildman–Crippen MR) is 62.7 cm³/mol. The van der Waals surface area contributed by atoms with Crippen molar-refractivity contribution in [1.82, 2.24) is 9.03 Å². The molecule has 0 aromatic heterocycles. The van der Waals surface area contributed by atoms with Gasteiger partial charge in [0.15, 0.2) is 0 Å². The number of nitrogens with zero attached hydrogens (tertiary/aromatic N) is 1. The summed E-state index contributed by atoms with van der Waals surface area (Å²) in [6.07, 6.45) is 0.0372. The van der Waals surface area contributed by atoms with E-state index in [-0.39, 0.29) is 19.5 Å². The molecule has 0 spiro atoms. The molecule has 102 valence electrons. The number of rotatable bonds is 9. The number of ether oxygens (including phenoxy) is 2. The number of esters is 1. The van der Waals surface area contributed by atoms with Gasteiger partial charge in [-0.15, -0.1) is 0 Å². The van der Waals surface area contributed by atoms with Crippen molar-refractivity contribution in [3.8, 4) is 0 Å². The summed E-state index contributed by atoms with van der Waals surface area (Å²) in [4.78, 5) is 11.1. The third-order valence-corrected chi connectivity index (χ3v) is 3.51. The Morgan fingerprint density at radius 1 is 1.41 bits per heavy atom. The molecule has 0 aromatic carbocycles. The average molecular weight is 268 g/mol. The van der Waals surface area contributed by atoms with E-state index in [1.165, 1.54) is 14.2 Å². The molecule has 0 saturated heterocycles. The second-order valence-corrected chi connectivity index (χ2v) is 5.13. The maximum atomic E-state index is 11.6. The lowest BCUT2D eigenvalue weighted by Gasteiger charge is -2.16. The Bertz CT molecular complexity index is 317. The first-order chi connectivity index (χ1) is 7.94. The zero-order valence-electron chi connectivity index (χ0n) is 10.4. The lowest BCUT2D eigenvalue weighted by atomic mass is 10.4. The Morgan fingerprint density at radius 2 is 2.06 bits per heavy atom. The van der Waals surface area contributed by atoms with Crippen LogP contribution >= 0.6 is 0 Å². The molecule has 0 aliphatic rings. The lowest BCUT2D eigenvalue weighted by molar-refractivity contribution is -0.143. The first-order valence-corrected chi connectivity index (χ1v) is 6.73. The van der Waals surface area contributed by atoms with E-state index in [1.807, 2.05) is 0 Å². The van der Waals surface area contributed by atoms with Gasteiger partial charge < -0.3 is 9.47 Å². The van der Waals surface area contributed by atoms with Crippen LogP contribution in [0.15, 0.2) is 0 Å². The summed E-state index contributed by atoms with van der Waals surface area (Å²) >= 11 is 0. The number of hydrogen-bond acceptors (Lipinski definition) is 5. The first-order valence-electron chi connectivity index (χ1n) is 5.29. The lowest BCUT2D eigenvalue weighted by Crippen LogP contribution is -2.40. The molecule has 17 heavy (non-hydrogen) atoms. The highest BCUT2D eigenvalue weighted by Crippen LogP contribution is 1.97. The van der Waals surface area contributed by atoms with Gasteiger partial charge in [0.25, 0.3) is 10.2 Å². The van der Waals surface area contributed by atoms with Gasteiger partial charge in [0.05, 0.1) is 19.6 Å². The van der Waals surface area contributed by atoms with Gasteiger partial charge in [0.1, 0.15) is 0 Å². The van der Waals surface area contributed by atoms with Gasteiger partial charge in [-0.05, 0) is 6.92 Å². The van der Waals surface area contributed by atoms with E-state index >= 15 is 0 Å². The molecule has 0 aliphatic carbocycles. The maximum Gasteiger partial charge on any atom is 0.307 e. The standard InChI is InChI=1S/C9H20N2O5S/c1-4-16-9(12)5-7-11(2)17(13,14)10-6-8-15-3/h10H,4-8H2,1-3H3. The van der Waals surface area contributed by atoms with E-state index in [1.54, 1.807) is 6.92 Å². The van der Waals surface area contributed by atoms with Gasteiger partial charge in [-0.2, -0.15) is 17.4 Å². The van der Waals surface area contributed by atoms with Crippen LogP contribution in [0.3, 0.4) is 0 Å². The van der Waals surface area contributed by atoms with E-state index in [9.17, 15) is 13.2 Å². The predicted octanol–water partition coefficient (Wildman–Crippen LogP) is -0.648. The number of nitrogens with one attached hydrogen (secondary N) is 1. The summed E-state index contributed by atoms with van der Waals surface area (Å²) in [6, 6.07) is 0. The van der Waals surface area contributed by atoms with E-state index in [0.717, 1.165) is 4.31 Å². The van der Waals surface area contributed by atoms with Crippen LogP contribution in [-0.4, -0.2) is 59.2 Å². The summed E-state index contributed by atoms with van der Waals surface area (Å²) in [5, 5.41) is 0. The van der Waals surface area contributed by atoms with Crippen LogP contribution in [0.2, 0.25) is 0 Å². The molecule has 0 amide bonds. The molecule has 0 fully saturated rings. The van der Waals surface area contributed by atoms with E-state index in [4.69, 9.17) is 9.47 Å². The highest BCUT2D eigenvalue weighted by Gasteiger charge is 2.17. The Balaban J connectivity index is 4.02. The van der Waals surface area contributed by atoms with E-state index in [2.05, 4.69) is 4.72 Å². The fourth-order valence-corrected chi connectivity index (χ4v) is 1.88. The van der Waals surface area contributed by atoms with Crippen molar-refractivity contribution in [1.29, 1.82) is 0 Å². The topological polar surface area (TPSA) is 84.9 Å². The molecular formula is C9H20N2O5S. The van der Waals surface area contributed by atoms with Crippen LogP contribution in [0.5, 0.6) is 0 Å². The minimum absolute atomic E-state index is 0.0372. The smallest absolute Gasteiger partial charge is 0.307 e. The Hall–Kier alpha value is -0.700. The Morgan fingerprint density at radius 3 is 2.59 bits per heavy atom. The second kappa shape index (κ2) is 8.40. The summed E-state index contributed by atoms with van der Waals surface area (Å²) in [5.74, 6) is -0.411. The molecule has 8 heteroatoms. The molecule has 0 radical (unpaired) electrons. The fourth-order valence-electron chi connectivity index (χ4n) is 0.985. The van der Waals surface area contributed by atoms with Crippen molar-refractivity contribution in [2.24, 2.45) is 0 Å². The second-order valence-electron chi connectivity index (χ2n) is 3.27. The van der Waals surface area contributed by atoms with Gasteiger partial charge in [-0.3, -0.25) is 4.79 Å². The van der Waals surface area contributed by atoms with Crippen LogP contribution in [0, 0.1) is 0 Å². The molecule has 0 heterocycles. The van der Waals surface area contributed by atoms with Gasteiger partial charge in [-0.25, -0.2) is 0 Å². The normalized spacial score (nSPS) is 11.8. The van der Waals surface area contributed by atoms with Crippen LogP contribution in [0.1, 0.15) is 13.3 Å². The third kappa shape index (κ3) is 7.27. The van der Waals surface area contributed by atoms with Crippen LogP contribution < -0.4 is 4.72 Å². The first kappa shape index (κ1) is 16.3. The summed E-state index contributed by atoms with van der Waals surface area (Å²) in [6.45, 7) is 2.57. The summed E-state index contributed by atoms with van der Waals surface area (Å²) in [7, 11) is -0.666. The molecule has 0 aliphatic heterocycles. The molecule has 0 unspecified atom stereocenters. The van der Waals surface area contributed by atoms with Crippen molar-refractivity contribution in [3.63, 3.8) is 0 Å². The summed E-state index contributed by atoms with van der Waals surface area (Å²) < 4.78 is 36.0. The van der Waals surface area contributed by atoms with Crippen molar-refractivity contribution in [2.75, 3.05) is 40.5 Å². The number of carbonyl (C=O) groups is 1. The monoisotopic (exact) mass is 268 g/mol. The highest BCUT2D eigenvalue weighted by molar-refractivity contribution is 7.87. The molecule has 1 N–H and O–H groups in total. The Labute approximate surface area is 102 Å². The van der Waals surface area contributed by atoms with Crippen LogP contribution in [0.4, 0.5) is 0 Å². The number of hydrogen-bond donors (Lipinski definition) is 1. The molecule has 0 saturated carbocycles. The minimum atomic E-state index is -3.55. The SMILES string of the molecule is CCOC(=O)CCN(C)S(=O)(=O)NCCOC. The zero-order chi connectivity index (χ0) is 13.3. The van der Waals surface area contributed by atoms with Crippen molar-refractivity contribution >= 4 is 16.2 Å². The van der Waals surface area contributed by atoms with Crippen LogP contribution in [-0.2, 0) is 24.5 Å². The van der Waals surface area contributed by atoms with Gasteiger partial charge in [0, 0.05) is 27.2 Å². The van der Waals surface area contributed by atoms with Crippen molar-refractivity contribution < 1.29 is 22.7 Å². The molecule has 0 aromatic rings. The highest BCUT2D eigenvalue weighted by atomic mass is 32.2. The zero-order valence-corrected chi connectivity index (χ0v) is 11.2. The third-order valence-electron chi connectivity index (χ3n) is 1.94. The van der Waals surface area contributed by atoms with Gasteiger partial charge in [-0.1, -0.05) is 0 Å². The van der Waals surface area contributed by atoms with Gasteiger partial charge >= 0.3 is 5.97 Å². The van der Waals surface area contributed by atoms with Crippen LogP contribution in [0.25, 0.3) is 0 Å². The molecule has 7 nitrogen and oxygen atoms in total. The molecule has 0 atom stereocenters. The van der Waals surface area contributed by atoms with E-state index in [0.29, 0.717) is 13.2 Å². The Kier molecular flexibility index (Phi) is 8.05. The maximum absolute atomic E-state index is 11.6. The molecule has 0 rings (SSSR count). The minimum Gasteiger partial charge on any atom is -0.466 e.